The number of nitrogens with one attached hydrogen (secondary N) is 2. The van der Waals surface area contributed by atoms with Gasteiger partial charge in [-0.3, -0.25) is 10.1 Å². The molecule has 1 aromatic heterocycles. The number of rotatable bonds is 5. The minimum Gasteiger partial charge on any atom is -0.494 e. The van der Waals surface area contributed by atoms with Gasteiger partial charge >= 0.3 is 0 Å². The Bertz CT molecular complexity index is 548. The monoisotopic (exact) mass is 259 g/mol. The first-order valence-corrected chi connectivity index (χ1v) is 5.73. The van der Waals surface area contributed by atoms with E-state index in [1.807, 2.05) is 31.2 Å². The third kappa shape index (κ3) is 3.91. The average molecular weight is 259 g/mol. The van der Waals surface area contributed by atoms with Gasteiger partial charge < -0.3 is 4.74 Å². The molecule has 0 saturated carbocycles. The average Bonchev–Trinajstić information content (AvgIpc) is 2.91. The standard InChI is InChI=1S/C12H13N5O2/c1-2-19-10-6-3-9(4-7-10)5-8-11(18)13-12-14-16-17-15-12/h3-8H,2H2,1H3,(H2,13,14,15,16,17,18)/b8-5+. The number of carbonyl (C=O) groups excluding carboxylic acids is 1. The van der Waals surface area contributed by atoms with Crippen LogP contribution in [0.4, 0.5) is 5.95 Å². The Morgan fingerprint density at radius 3 is 2.84 bits per heavy atom. The van der Waals surface area contributed by atoms with Gasteiger partial charge in [0.1, 0.15) is 5.75 Å². The Labute approximate surface area is 109 Å². The highest BCUT2D eigenvalue weighted by atomic mass is 16.5. The molecule has 0 aliphatic carbocycles. The molecule has 2 rings (SSSR count). The lowest BCUT2D eigenvalue weighted by molar-refractivity contribution is -0.111. The van der Waals surface area contributed by atoms with Crippen molar-refractivity contribution in [2.45, 2.75) is 6.92 Å². The van der Waals surface area contributed by atoms with Crippen LogP contribution in [0.25, 0.3) is 6.08 Å². The molecule has 19 heavy (non-hydrogen) atoms. The highest BCUT2D eigenvalue weighted by Gasteiger charge is 2.00. The molecule has 0 saturated heterocycles. The Hall–Kier alpha value is -2.70. The molecule has 7 heteroatoms. The molecular formula is C12H13N5O2. The van der Waals surface area contributed by atoms with E-state index in [2.05, 4.69) is 25.9 Å². The molecule has 0 spiro atoms. The highest BCUT2D eigenvalue weighted by molar-refractivity contribution is 6.00. The zero-order valence-corrected chi connectivity index (χ0v) is 10.3. The number of aromatic nitrogens is 4. The molecule has 0 aliphatic rings. The van der Waals surface area contributed by atoms with Crippen LogP contribution in [0, 0.1) is 0 Å². The second-order valence-electron chi connectivity index (χ2n) is 3.56. The lowest BCUT2D eigenvalue weighted by Crippen LogP contribution is -2.09. The van der Waals surface area contributed by atoms with Gasteiger partial charge in [0.25, 0.3) is 11.9 Å². The van der Waals surface area contributed by atoms with Crippen LogP contribution in [-0.2, 0) is 4.79 Å². The number of benzene rings is 1. The first-order valence-electron chi connectivity index (χ1n) is 5.73. The second-order valence-corrected chi connectivity index (χ2v) is 3.56. The molecule has 98 valence electrons. The molecule has 0 atom stereocenters. The number of hydrogen-bond acceptors (Lipinski definition) is 5. The van der Waals surface area contributed by atoms with E-state index in [1.54, 1.807) is 6.08 Å². The van der Waals surface area contributed by atoms with Crippen LogP contribution in [-0.4, -0.2) is 33.1 Å². The normalized spacial score (nSPS) is 10.6. The Morgan fingerprint density at radius 2 is 2.21 bits per heavy atom. The quantitative estimate of drug-likeness (QED) is 0.788. The number of nitrogens with zero attached hydrogens (tertiary/aromatic N) is 3. The van der Waals surface area contributed by atoms with Crippen LogP contribution in [0.15, 0.2) is 30.3 Å². The molecule has 0 aliphatic heterocycles. The fourth-order valence-corrected chi connectivity index (χ4v) is 1.38. The van der Waals surface area contributed by atoms with Crippen molar-refractivity contribution in [1.82, 2.24) is 20.6 Å². The van der Waals surface area contributed by atoms with E-state index in [0.717, 1.165) is 11.3 Å². The maximum atomic E-state index is 11.5. The van der Waals surface area contributed by atoms with E-state index in [4.69, 9.17) is 4.74 Å². The van der Waals surface area contributed by atoms with E-state index >= 15 is 0 Å². The maximum absolute atomic E-state index is 11.5. The van der Waals surface area contributed by atoms with Crippen molar-refractivity contribution in [2.24, 2.45) is 0 Å². The van der Waals surface area contributed by atoms with E-state index < -0.39 is 0 Å². The molecule has 1 aromatic carbocycles. The van der Waals surface area contributed by atoms with Gasteiger partial charge in [0, 0.05) is 6.08 Å². The zero-order chi connectivity index (χ0) is 13.5. The molecule has 0 radical (unpaired) electrons. The SMILES string of the molecule is CCOc1ccc(/C=C/C(=O)Nc2nn[nH]n2)cc1. The van der Waals surface area contributed by atoms with Crippen LogP contribution < -0.4 is 10.1 Å². The number of hydrogen-bond donors (Lipinski definition) is 2. The molecule has 0 unspecified atom stereocenters. The van der Waals surface area contributed by atoms with Crippen molar-refractivity contribution >= 4 is 17.9 Å². The summed E-state index contributed by atoms with van der Waals surface area (Å²) in [6.45, 7) is 2.55. The third-order valence-electron chi connectivity index (χ3n) is 2.20. The van der Waals surface area contributed by atoms with Crippen LogP contribution in [0.1, 0.15) is 12.5 Å². The van der Waals surface area contributed by atoms with Gasteiger partial charge in [-0.15, -0.1) is 5.10 Å². The topological polar surface area (TPSA) is 92.8 Å². The van der Waals surface area contributed by atoms with Crippen LogP contribution >= 0.6 is 0 Å². The molecule has 2 N–H and O–H groups in total. The number of tetrazole rings is 1. The summed E-state index contributed by atoms with van der Waals surface area (Å²) >= 11 is 0. The third-order valence-corrected chi connectivity index (χ3v) is 2.20. The summed E-state index contributed by atoms with van der Waals surface area (Å²) in [5.74, 6) is 0.618. The van der Waals surface area contributed by atoms with E-state index in [1.165, 1.54) is 6.08 Å². The van der Waals surface area contributed by atoms with E-state index in [9.17, 15) is 4.79 Å². The van der Waals surface area contributed by atoms with Crippen molar-refractivity contribution in [2.75, 3.05) is 11.9 Å². The zero-order valence-electron chi connectivity index (χ0n) is 10.3. The summed E-state index contributed by atoms with van der Waals surface area (Å²) in [6, 6.07) is 7.42. The lowest BCUT2D eigenvalue weighted by atomic mass is 10.2. The van der Waals surface area contributed by atoms with E-state index in [0.29, 0.717) is 6.61 Å². The van der Waals surface area contributed by atoms with Crippen LogP contribution in [0.3, 0.4) is 0 Å². The minimum atomic E-state index is -0.324. The van der Waals surface area contributed by atoms with Gasteiger partial charge in [-0.05, 0) is 35.9 Å². The summed E-state index contributed by atoms with van der Waals surface area (Å²) in [6.07, 6.45) is 3.08. The van der Waals surface area contributed by atoms with Gasteiger partial charge in [-0.25, -0.2) is 0 Å². The predicted octanol–water partition coefficient (Wildman–Crippen LogP) is 1.25. The van der Waals surface area contributed by atoms with Gasteiger partial charge in [-0.2, -0.15) is 5.21 Å². The minimum absolute atomic E-state index is 0.140. The number of aromatic amines is 1. The fourth-order valence-electron chi connectivity index (χ4n) is 1.38. The number of amides is 1. The summed E-state index contributed by atoms with van der Waals surface area (Å²) in [7, 11) is 0. The van der Waals surface area contributed by atoms with Crippen LogP contribution in [0.5, 0.6) is 5.75 Å². The van der Waals surface area contributed by atoms with Crippen molar-refractivity contribution in [3.8, 4) is 5.75 Å². The molecule has 1 amide bonds. The predicted molar refractivity (Wildman–Crippen MR) is 69.5 cm³/mol. The largest absolute Gasteiger partial charge is 0.494 e. The lowest BCUT2D eigenvalue weighted by Gasteiger charge is -2.02. The molecule has 7 nitrogen and oxygen atoms in total. The maximum Gasteiger partial charge on any atom is 0.270 e. The van der Waals surface area contributed by atoms with Gasteiger partial charge in [0.15, 0.2) is 0 Å². The number of anilines is 1. The fraction of sp³-hybridized carbons (Fsp3) is 0.167. The highest BCUT2D eigenvalue weighted by Crippen LogP contribution is 2.13. The molecular weight excluding hydrogens is 246 g/mol. The molecule has 2 aromatic rings. The summed E-state index contributed by atoms with van der Waals surface area (Å²) in [5, 5.41) is 15.3. The molecule has 1 heterocycles. The van der Waals surface area contributed by atoms with E-state index in [-0.39, 0.29) is 11.9 Å². The van der Waals surface area contributed by atoms with Crippen molar-refractivity contribution in [3.05, 3.63) is 35.9 Å². The van der Waals surface area contributed by atoms with Gasteiger partial charge in [-0.1, -0.05) is 17.2 Å². The van der Waals surface area contributed by atoms with Crippen molar-refractivity contribution in [1.29, 1.82) is 0 Å². The Balaban J connectivity index is 1.92. The molecule has 0 fully saturated rings. The Kier molecular flexibility index (Phi) is 4.22. The first-order chi connectivity index (χ1) is 9.28. The number of H-pyrrole nitrogens is 1. The Morgan fingerprint density at radius 1 is 1.42 bits per heavy atom. The summed E-state index contributed by atoms with van der Waals surface area (Å²) in [5.41, 5.74) is 0.895. The smallest absolute Gasteiger partial charge is 0.270 e. The van der Waals surface area contributed by atoms with Gasteiger partial charge in [0.2, 0.25) is 0 Å². The second kappa shape index (κ2) is 6.29. The summed E-state index contributed by atoms with van der Waals surface area (Å²) < 4.78 is 5.33. The van der Waals surface area contributed by atoms with Crippen molar-refractivity contribution < 1.29 is 9.53 Å². The summed E-state index contributed by atoms with van der Waals surface area (Å²) in [4.78, 5) is 11.5. The number of ether oxygens (including phenoxy) is 1. The first kappa shape index (κ1) is 12.7. The van der Waals surface area contributed by atoms with Crippen LogP contribution in [0.2, 0.25) is 0 Å². The van der Waals surface area contributed by atoms with Crippen molar-refractivity contribution in [3.63, 3.8) is 0 Å². The molecule has 0 bridgehead atoms. The number of carbonyl (C=O) groups is 1. The van der Waals surface area contributed by atoms with Gasteiger partial charge in [0.05, 0.1) is 6.61 Å².